The molecular weight excluding hydrogens is 246 g/mol. The van der Waals surface area contributed by atoms with Crippen molar-refractivity contribution in [3.8, 4) is 0 Å². The van der Waals surface area contributed by atoms with Crippen LogP contribution in [0.1, 0.15) is 52.4 Å². The van der Waals surface area contributed by atoms with Crippen LogP contribution in [0.25, 0.3) is 0 Å². The molecule has 0 saturated carbocycles. The molecule has 4 heteroatoms. The van der Waals surface area contributed by atoms with Crippen LogP contribution in [0.2, 0.25) is 0 Å². The average molecular weight is 271 g/mol. The summed E-state index contributed by atoms with van der Waals surface area (Å²) in [6.45, 7) is 3.91. The van der Waals surface area contributed by atoms with E-state index in [2.05, 4.69) is 24.9 Å². The van der Waals surface area contributed by atoms with Crippen LogP contribution in [0.5, 0.6) is 0 Å². The fraction of sp³-hybridized carbons (Fsp3) is 0.714. The van der Waals surface area contributed by atoms with E-state index in [0.29, 0.717) is 0 Å². The SMILES string of the molecule is CCCCCCC/C=C/C(=O)C(S)CNC(C)=O. The van der Waals surface area contributed by atoms with Crippen molar-refractivity contribution in [3.05, 3.63) is 12.2 Å². The number of thiol groups is 1. The molecule has 0 aromatic carbocycles. The Labute approximate surface area is 116 Å². The van der Waals surface area contributed by atoms with Crippen molar-refractivity contribution in [2.75, 3.05) is 6.54 Å². The summed E-state index contributed by atoms with van der Waals surface area (Å²) in [5.74, 6) is -0.178. The van der Waals surface area contributed by atoms with Crippen LogP contribution in [0, 0.1) is 0 Å². The number of amides is 1. The number of ketones is 1. The summed E-state index contributed by atoms with van der Waals surface area (Å²) in [6.07, 6.45) is 10.6. The number of nitrogens with one attached hydrogen (secondary N) is 1. The summed E-state index contributed by atoms with van der Waals surface area (Å²) in [7, 11) is 0. The molecule has 0 aliphatic rings. The first-order valence-electron chi connectivity index (χ1n) is 6.70. The van der Waals surface area contributed by atoms with E-state index in [4.69, 9.17) is 0 Å². The van der Waals surface area contributed by atoms with Crippen molar-refractivity contribution < 1.29 is 9.59 Å². The Hall–Kier alpha value is -0.770. The molecule has 0 aliphatic heterocycles. The lowest BCUT2D eigenvalue weighted by Crippen LogP contribution is -2.31. The van der Waals surface area contributed by atoms with Gasteiger partial charge in [0.05, 0.1) is 5.25 Å². The standard InChI is InChI=1S/C14H25NO2S/c1-3-4-5-6-7-8-9-10-13(17)14(18)11-15-12(2)16/h9-10,14,18H,3-8,11H2,1-2H3,(H,15,16)/b10-9+. The van der Waals surface area contributed by atoms with E-state index in [1.165, 1.54) is 32.6 Å². The first-order chi connectivity index (χ1) is 8.57. The lowest BCUT2D eigenvalue weighted by atomic mass is 10.1. The van der Waals surface area contributed by atoms with E-state index in [1.807, 2.05) is 6.08 Å². The van der Waals surface area contributed by atoms with Gasteiger partial charge in [0.15, 0.2) is 5.78 Å². The number of allylic oxidation sites excluding steroid dienone is 2. The van der Waals surface area contributed by atoms with Crippen LogP contribution in [-0.2, 0) is 9.59 Å². The predicted molar refractivity (Wildman–Crippen MR) is 79.0 cm³/mol. The van der Waals surface area contributed by atoms with Gasteiger partial charge in [0.2, 0.25) is 5.91 Å². The lowest BCUT2D eigenvalue weighted by Gasteiger charge is -2.06. The van der Waals surface area contributed by atoms with Crippen molar-refractivity contribution in [3.63, 3.8) is 0 Å². The van der Waals surface area contributed by atoms with E-state index in [9.17, 15) is 9.59 Å². The lowest BCUT2D eigenvalue weighted by molar-refractivity contribution is -0.119. The third-order valence-electron chi connectivity index (χ3n) is 2.63. The topological polar surface area (TPSA) is 46.2 Å². The number of unbranched alkanes of at least 4 members (excludes halogenated alkanes) is 5. The highest BCUT2D eigenvalue weighted by molar-refractivity contribution is 7.81. The van der Waals surface area contributed by atoms with Crippen LogP contribution < -0.4 is 5.32 Å². The van der Waals surface area contributed by atoms with E-state index in [0.717, 1.165) is 12.8 Å². The molecule has 104 valence electrons. The largest absolute Gasteiger partial charge is 0.355 e. The molecule has 0 aromatic heterocycles. The summed E-state index contributed by atoms with van der Waals surface area (Å²) in [5.41, 5.74) is 0. The quantitative estimate of drug-likeness (QED) is 0.364. The minimum atomic E-state index is -0.440. The molecule has 0 radical (unpaired) electrons. The molecule has 0 rings (SSSR count). The van der Waals surface area contributed by atoms with Gasteiger partial charge in [-0.15, -0.1) is 0 Å². The summed E-state index contributed by atoms with van der Waals surface area (Å²) in [6, 6.07) is 0. The summed E-state index contributed by atoms with van der Waals surface area (Å²) >= 11 is 4.16. The molecule has 1 amide bonds. The van der Waals surface area contributed by atoms with E-state index < -0.39 is 5.25 Å². The predicted octanol–water partition coefficient (Wildman–Crippen LogP) is 2.91. The van der Waals surface area contributed by atoms with Crippen LogP contribution in [0.3, 0.4) is 0 Å². The number of carbonyl (C=O) groups is 2. The molecule has 18 heavy (non-hydrogen) atoms. The normalized spacial score (nSPS) is 12.6. The molecule has 0 heterocycles. The first kappa shape index (κ1) is 17.2. The third-order valence-corrected chi connectivity index (χ3v) is 3.07. The van der Waals surface area contributed by atoms with Gasteiger partial charge >= 0.3 is 0 Å². The Morgan fingerprint density at radius 1 is 1.22 bits per heavy atom. The Kier molecular flexibility index (Phi) is 10.8. The number of rotatable bonds is 10. The number of hydrogen-bond acceptors (Lipinski definition) is 3. The second kappa shape index (κ2) is 11.3. The molecule has 0 spiro atoms. The monoisotopic (exact) mass is 271 g/mol. The van der Waals surface area contributed by atoms with Gasteiger partial charge in [-0.2, -0.15) is 12.6 Å². The molecule has 1 N–H and O–H groups in total. The highest BCUT2D eigenvalue weighted by atomic mass is 32.1. The molecule has 1 unspecified atom stereocenters. The maximum absolute atomic E-state index is 11.6. The molecule has 0 saturated heterocycles. The second-order valence-electron chi connectivity index (χ2n) is 4.46. The number of carbonyl (C=O) groups excluding carboxylic acids is 2. The Morgan fingerprint density at radius 2 is 1.89 bits per heavy atom. The van der Waals surface area contributed by atoms with Crippen LogP contribution >= 0.6 is 12.6 Å². The van der Waals surface area contributed by atoms with Gasteiger partial charge in [-0.25, -0.2) is 0 Å². The summed E-state index contributed by atoms with van der Waals surface area (Å²) in [5, 5.41) is 2.14. The van der Waals surface area contributed by atoms with Gasteiger partial charge in [-0.3, -0.25) is 9.59 Å². The smallest absolute Gasteiger partial charge is 0.216 e. The number of hydrogen-bond donors (Lipinski definition) is 2. The van der Waals surface area contributed by atoms with Crippen LogP contribution in [-0.4, -0.2) is 23.5 Å². The zero-order valence-electron chi connectivity index (χ0n) is 11.4. The highest BCUT2D eigenvalue weighted by Gasteiger charge is 2.10. The van der Waals surface area contributed by atoms with Crippen molar-refractivity contribution in [2.45, 2.75) is 57.6 Å². The average Bonchev–Trinajstić information content (AvgIpc) is 2.34. The van der Waals surface area contributed by atoms with Crippen molar-refractivity contribution in [2.24, 2.45) is 0 Å². The Bertz CT molecular complexity index is 277. The molecular formula is C14H25NO2S. The van der Waals surface area contributed by atoms with Crippen molar-refractivity contribution >= 4 is 24.3 Å². The maximum atomic E-state index is 11.6. The van der Waals surface area contributed by atoms with Gasteiger partial charge in [-0.05, 0) is 18.9 Å². The Morgan fingerprint density at radius 3 is 2.50 bits per heavy atom. The zero-order chi connectivity index (χ0) is 13.8. The maximum Gasteiger partial charge on any atom is 0.216 e. The Balaban J connectivity index is 3.63. The summed E-state index contributed by atoms with van der Waals surface area (Å²) < 4.78 is 0. The fourth-order valence-corrected chi connectivity index (χ4v) is 1.69. The molecule has 0 fully saturated rings. The molecule has 1 atom stereocenters. The van der Waals surface area contributed by atoms with E-state index in [-0.39, 0.29) is 18.2 Å². The van der Waals surface area contributed by atoms with Crippen LogP contribution in [0.15, 0.2) is 12.2 Å². The zero-order valence-corrected chi connectivity index (χ0v) is 12.3. The molecule has 0 bridgehead atoms. The van der Waals surface area contributed by atoms with E-state index >= 15 is 0 Å². The van der Waals surface area contributed by atoms with Crippen molar-refractivity contribution in [1.82, 2.24) is 5.32 Å². The minimum Gasteiger partial charge on any atom is -0.355 e. The second-order valence-corrected chi connectivity index (χ2v) is 5.08. The van der Waals surface area contributed by atoms with Gasteiger partial charge in [0, 0.05) is 13.5 Å². The molecule has 0 aromatic rings. The van der Waals surface area contributed by atoms with Crippen molar-refractivity contribution in [1.29, 1.82) is 0 Å². The minimum absolute atomic E-state index is 0.0411. The highest BCUT2D eigenvalue weighted by Crippen LogP contribution is 2.06. The molecule has 3 nitrogen and oxygen atoms in total. The third kappa shape index (κ3) is 10.4. The fourth-order valence-electron chi connectivity index (χ4n) is 1.52. The van der Waals surface area contributed by atoms with Crippen LogP contribution in [0.4, 0.5) is 0 Å². The van der Waals surface area contributed by atoms with Gasteiger partial charge < -0.3 is 5.32 Å². The van der Waals surface area contributed by atoms with E-state index in [1.54, 1.807) is 6.08 Å². The van der Waals surface area contributed by atoms with Gasteiger partial charge in [-0.1, -0.05) is 38.7 Å². The van der Waals surface area contributed by atoms with Gasteiger partial charge in [0.1, 0.15) is 0 Å². The summed E-state index contributed by atoms with van der Waals surface area (Å²) in [4.78, 5) is 22.3. The van der Waals surface area contributed by atoms with Gasteiger partial charge in [0.25, 0.3) is 0 Å². The molecule has 0 aliphatic carbocycles. The first-order valence-corrected chi connectivity index (χ1v) is 7.22.